The standard InChI is InChI=1S/C91H125N19O20S/c1-8-10-27-72-86(125)99-51(3)80(119)106-71(83(122)97-46-76(93)114)48-131-49-77(115)100-68(38-53-30-32-58(112)33-31-53)88(127)107(5)52(4)81(120)102-66(34-35-78(116)117)90(129)110-37-19-29-73(110)87(126)103-67(42-57-45-94-50-98-57)84(123)101-65(26-16-17-36-92)79(118)62-23-18-22-61(62)75(113)41-54(39-55-43-95-63-24-14-12-20-59(55)63)82(121)105-70(47-111)85(124)104-69(40-56-44-96-64-25-15-13-21-60(56)64)89(128)109(7)74(28-11-9-2)91(130)108(72)6/h12-15,20-21,24-25,30-33,43-45,50-52,54,56,61-62,65-74,95,111-112H,8-11,16-19,22-23,26-29,34-42,46-49,92H2,1-7H3,(H2,93,114)(H,94,98)(H,97,122)(H,99,125)(H,100,115)(H,101,123)(H,102,120)(H,103,126)(H,104,124)(H,105,121)(H,106,119)(H,116,117)/t51-,52-,54+,56?,61+,62?,65-,66-,67-,68-,69-,70-,71-,72-,73-,74-/m0/s1. The number of rotatable bonds is 25. The molecule has 1 aliphatic carbocycles. The molecule has 18 N–H and O–H groups in total. The van der Waals surface area contributed by atoms with Crippen LogP contribution in [0.25, 0.3) is 10.9 Å². The van der Waals surface area contributed by atoms with Crippen molar-refractivity contribution in [2.75, 3.05) is 58.9 Å². The van der Waals surface area contributed by atoms with Crippen LogP contribution < -0.4 is 59.3 Å². The van der Waals surface area contributed by atoms with E-state index in [1.807, 2.05) is 26.0 Å². The number of carbonyl (C=O) groups excluding carboxylic acids is 16. The number of aromatic amines is 2. The molecular formula is C91H125N19O20S. The molecule has 4 aliphatic rings. The van der Waals surface area contributed by atoms with Crippen LogP contribution in [0.5, 0.6) is 5.75 Å². The Balaban J connectivity index is 1.07. The summed E-state index contributed by atoms with van der Waals surface area (Å²) >= 11 is 0.788. The highest BCUT2D eigenvalue weighted by atomic mass is 32.2. The molecule has 710 valence electrons. The number of nitrogens with two attached hydrogens (primary N) is 2. The number of aliphatic carboxylic acids is 1. The Morgan fingerprint density at radius 3 is 1.95 bits per heavy atom. The monoisotopic (exact) mass is 1840 g/mol. The number of nitrogens with zero attached hydrogens (tertiary/aromatic N) is 6. The Bertz CT molecular complexity index is 4910. The fourth-order valence-electron chi connectivity index (χ4n) is 17.1. The van der Waals surface area contributed by atoms with Gasteiger partial charge in [-0.15, -0.1) is 11.8 Å². The number of phenolic OH excluding ortho intramolecular Hbond substituents is 1. The van der Waals surface area contributed by atoms with Crippen LogP contribution in [-0.4, -0.2) is 288 Å². The van der Waals surface area contributed by atoms with Crippen molar-refractivity contribution in [2.24, 2.45) is 34.2 Å². The van der Waals surface area contributed by atoms with Crippen LogP contribution >= 0.6 is 11.8 Å². The van der Waals surface area contributed by atoms with E-state index in [4.69, 9.17) is 11.5 Å². The Morgan fingerprint density at radius 2 is 1.26 bits per heavy atom. The minimum absolute atomic E-state index is 0.0205. The molecule has 0 bridgehead atoms. The molecule has 16 atom stereocenters. The second-order valence-corrected chi connectivity index (χ2v) is 35.2. The number of nitrogens with one attached hydrogen (secondary N) is 11. The summed E-state index contributed by atoms with van der Waals surface area (Å²) in [5.41, 5.74) is 14.7. The maximum atomic E-state index is 15.6. The second-order valence-electron chi connectivity index (χ2n) is 34.1. The highest BCUT2D eigenvalue weighted by molar-refractivity contribution is 8.00. The third-order valence-corrected chi connectivity index (χ3v) is 25.8. The molecule has 0 spiro atoms. The number of hydrogen-bond acceptors (Lipinski definition) is 23. The van der Waals surface area contributed by atoms with E-state index in [0.29, 0.717) is 83.9 Å². The number of phenols is 1. The molecule has 40 heteroatoms. The van der Waals surface area contributed by atoms with Gasteiger partial charge in [0.05, 0.1) is 42.7 Å². The van der Waals surface area contributed by atoms with Gasteiger partial charge in [-0.3, -0.25) is 86.5 Å². The van der Waals surface area contributed by atoms with Gasteiger partial charge in [-0.25, -0.2) is 4.98 Å². The summed E-state index contributed by atoms with van der Waals surface area (Å²) in [4.78, 5) is 268. The van der Waals surface area contributed by atoms with E-state index in [-0.39, 0.29) is 89.5 Å². The first kappa shape index (κ1) is 102. The van der Waals surface area contributed by atoms with Crippen LogP contribution in [-0.2, 0) is 101 Å². The predicted octanol–water partition coefficient (Wildman–Crippen LogP) is 1.18. The second kappa shape index (κ2) is 49.5. The van der Waals surface area contributed by atoms with Crippen LogP contribution in [0.15, 0.2) is 96.5 Å². The van der Waals surface area contributed by atoms with Gasteiger partial charge in [0.25, 0.3) is 0 Å². The molecule has 5 heterocycles. The summed E-state index contributed by atoms with van der Waals surface area (Å²) in [6, 6.07) is 2.31. The summed E-state index contributed by atoms with van der Waals surface area (Å²) in [6.45, 7) is 4.73. The molecule has 5 aromatic rings. The maximum Gasteiger partial charge on any atom is 0.303 e. The van der Waals surface area contributed by atoms with Crippen molar-refractivity contribution >= 4 is 135 Å². The maximum absolute atomic E-state index is 15.6. The lowest BCUT2D eigenvalue weighted by atomic mass is 9.80. The van der Waals surface area contributed by atoms with Gasteiger partial charge in [0.2, 0.25) is 82.7 Å². The molecule has 2 unspecified atom stereocenters. The number of primary amides is 1. The summed E-state index contributed by atoms with van der Waals surface area (Å²) in [7, 11) is 3.98. The van der Waals surface area contributed by atoms with E-state index >= 15 is 33.6 Å². The van der Waals surface area contributed by atoms with Crippen molar-refractivity contribution in [3.05, 3.63) is 114 Å². The number of benzene rings is 3. The molecule has 3 aromatic carbocycles. The van der Waals surface area contributed by atoms with Crippen molar-refractivity contribution < 1.29 is 96.8 Å². The number of para-hydroxylation sites is 2. The van der Waals surface area contributed by atoms with Gasteiger partial charge in [-0.1, -0.05) is 94.5 Å². The van der Waals surface area contributed by atoms with Crippen molar-refractivity contribution in [1.82, 2.24) is 82.4 Å². The number of aliphatic imine (C=N–C) groups is 1. The number of carboxylic acids is 1. The normalized spacial score (nSPS) is 26.0. The number of H-pyrrole nitrogens is 2. The number of thioether (sulfide) groups is 1. The number of ketones is 2. The fourth-order valence-corrected chi connectivity index (χ4v) is 18.0. The van der Waals surface area contributed by atoms with Gasteiger partial charge in [0, 0.05) is 112 Å². The SMILES string of the molecule is CCCC[C@H]1C(=O)N(C)[C@@H](CCCC)C(=O)N[C@@H](C)C(=O)N[C@H](C(=O)NCC(N)=O)CSCC(=O)N[C@@H](Cc2ccc(O)cc2)C(=O)N(C)[C@@H](C)C(=O)N[C@@H](CCC(=O)O)C(=O)N2CCC[C@H]2C(=O)N[C@@H](Cc2c[nH]cn2)C(=O)N[C@@H](CCCCN)C(=O)C2CCC[C@H]2C(=O)C[C@@H](Cc2c[nH]c3ccccc23)C(=O)N[C@@H](CO)C(=O)N[C@@H](CC2C=Nc3ccccc32)C(=O)N1C. The first-order chi connectivity index (χ1) is 62.6. The number of carbonyl (C=O) groups is 17. The first-order valence-corrected chi connectivity index (χ1v) is 46.0. The molecule has 9 rings (SSSR count). The lowest BCUT2D eigenvalue weighted by molar-refractivity contribution is -0.149. The molecule has 39 nitrogen and oxygen atoms in total. The summed E-state index contributed by atoms with van der Waals surface area (Å²) < 4.78 is 0. The average molecular weight is 1840 g/mol. The van der Waals surface area contributed by atoms with Gasteiger partial charge in [0.15, 0.2) is 5.78 Å². The zero-order valence-corrected chi connectivity index (χ0v) is 75.9. The van der Waals surface area contributed by atoms with E-state index in [9.17, 15) is 63.3 Å². The largest absolute Gasteiger partial charge is 0.508 e. The summed E-state index contributed by atoms with van der Waals surface area (Å²) in [5.74, 6) is -19.7. The number of likely N-dealkylation sites (N-methyl/N-ethyl adjacent to an activating group) is 3. The number of aliphatic hydroxyl groups excluding tert-OH is 1. The molecule has 2 saturated heterocycles. The van der Waals surface area contributed by atoms with Crippen molar-refractivity contribution in [3.63, 3.8) is 0 Å². The molecule has 0 radical (unpaired) electrons. The van der Waals surface area contributed by atoms with Gasteiger partial charge in [0.1, 0.15) is 78.0 Å². The fraction of sp³-hybridized carbons (Fsp3) is 0.549. The van der Waals surface area contributed by atoms with Crippen LogP contribution in [0.2, 0.25) is 0 Å². The molecular weight excluding hydrogens is 1710 g/mol. The van der Waals surface area contributed by atoms with E-state index in [0.717, 1.165) is 21.6 Å². The Hall–Kier alpha value is -12.5. The third kappa shape index (κ3) is 28.3. The molecule has 131 heavy (non-hydrogen) atoms. The topological polar surface area (TPSA) is 581 Å². The summed E-state index contributed by atoms with van der Waals surface area (Å²) in [6.07, 6.45) is 7.28. The predicted molar refractivity (Wildman–Crippen MR) is 484 cm³/mol. The number of amides is 14. The van der Waals surface area contributed by atoms with E-state index in [1.165, 1.54) is 81.6 Å². The van der Waals surface area contributed by atoms with Crippen molar-refractivity contribution in [2.45, 2.75) is 241 Å². The highest BCUT2D eigenvalue weighted by Gasteiger charge is 2.46. The molecule has 1 saturated carbocycles. The van der Waals surface area contributed by atoms with E-state index in [1.54, 1.807) is 48.8 Å². The Kier molecular flexibility index (Phi) is 38.7. The third-order valence-electron chi connectivity index (χ3n) is 24.7. The number of aromatic nitrogens is 3. The van der Waals surface area contributed by atoms with Gasteiger partial charge >= 0.3 is 5.97 Å². The van der Waals surface area contributed by atoms with Crippen molar-refractivity contribution in [1.29, 1.82) is 0 Å². The number of fused-ring (bicyclic) bond motifs is 4. The van der Waals surface area contributed by atoms with Crippen LogP contribution in [0.4, 0.5) is 5.69 Å². The highest BCUT2D eigenvalue weighted by Crippen LogP contribution is 2.38. The van der Waals surface area contributed by atoms with Gasteiger partial charge in [-0.2, -0.15) is 0 Å². The van der Waals surface area contributed by atoms with Crippen LogP contribution in [0.1, 0.15) is 172 Å². The number of Topliss-reactive ketones (excluding diaryl/α,β-unsaturated/α-hetero) is 2. The number of carboxylic acid groups (broad SMARTS) is 1. The number of aromatic hydroxyl groups is 1. The number of hydrogen-bond donors (Lipinski definition) is 16. The zero-order chi connectivity index (χ0) is 95.3. The number of imidazole rings is 1. The lowest BCUT2D eigenvalue weighted by Gasteiger charge is -2.36. The average Bonchev–Trinajstić information content (AvgIpc) is 1.80. The van der Waals surface area contributed by atoms with Crippen LogP contribution in [0.3, 0.4) is 0 Å². The molecule has 14 amide bonds. The van der Waals surface area contributed by atoms with Gasteiger partial charge < -0.3 is 104 Å². The Morgan fingerprint density at radius 1 is 0.603 bits per heavy atom. The minimum Gasteiger partial charge on any atom is -0.508 e. The number of unbranched alkanes of at least 4 members (excludes halogenated alkanes) is 3. The lowest BCUT2D eigenvalue weighted by Crippen LogP contribution is -2.60. The minimum atomic E-state index is -1.79. The van der Waals surface area contributed by atoms with Gasteiger partial charge in [-0.05, 0) is 138 Å². The summed E-state index contributed by atoms with van der Waals surface area (Å²) in [5, 5.41) is 56.1. The van der Waals surface area contributed by atoms with Crippen molar-refractivity contribution in [3.8, 4) is 5.75 Å². The number of aliphatic hydroxyl groups is 1. The molecule has 2 aromatic heterocycles. The van der Waals surface area contributed by atoms with E-state index < -0.39 is 240 Å². The quantitative estimate of drug-likeness (QED) is 0.0365. The zero-order valence-electron chi connectivity index (χ0n) is 75.1. The molecule has 3 aliphatic heterocycles. The molecule has 3 fully saturated rings. The first-order valence-electron chi connectivity index (χ1n) is 44.8. The van der Waals surface area contributed by atoms with E-state index in [2.05, 4.69) is 67.8 Å². The Labute approximate surface area is 764 Å². The van der Waals surface area contributed by atoms with Crippen LogP contribution in [0, 0.1) is 17.8 Å². The smallest absolute Gasteiger partial charge is 0.303 e.